The van der Waals surface area contributed by atoms with Gasteiger partial charge in [0, 0.05) is 30.4 Å². The molecule has 7 nitrogen and oxygen atoms in total. The highest BCUT2D eigenvalue weighted by Gasteiger charge is 2.27. The van der Waals surface area contributed by atoms with Gasteiger partial charge in [0.25, 0.3) is 0 Å². The van der Waals surface area contributed by atoms with Crippen LogP contribution in [0.15, 0.2) is 18.6 Å². The van der Waals surface area contributed by atoms with Crippen LogP contribution in [0.1, 0.15) is 44.5 Å². The van der Waals surface area contributed by atoms with Gasteiger partial charge < -0.3 is 15.0 Å². The number of nitrogens with zero attached hydrogens (tertiary/aromatic N) is 4. The SMILES string of the molecule is Cc1cnc(Nc2cnn(C3CCN(C(=O)OC(C)(C)C)CC3)c2)s1. The number of carbonyl (C=O) groups excluding carboxylic acids is 1. The van der Waals surface area contributed by atoms with E-state index < -0.39 is 5.60 Å². The highest BCUT2D eigenvalue weighted by atomic mass is 32.1. The van der Waals surface area contributed by atoms with Gasteiger partial charge in [0.1, 0.15) is 5.60 Å². The van der Waals surface area contributed by atoms with Crippen LogP contribution >= 0.6 is 11.3 Å². The lowest BCUT2D eigenvalue weighted by atomic mass is 10.1. The van der Waals surface area contributed by atoms with E-state index in [4.69, 9.17) is 4.74 Å². The number of nitrogens with one attached hydrogen (secondary N) is 1. The number of rotatable bonds is 3. The van der Waals surface area contributed by atoms with Crippen molar-refractivity contribution in [2.75, 3.05) is 18.4 Å². The van der Waals surface area contributed by atoms with Gasteiger partial charge in [-0.2, -0.15) is 5.10 Å². The lowest BCUT2D eigenvalue weighted by molar-refractivity contribution is 0.0185. The Hall–Kier alpha value is -2.09. The molecule has 3 rings (SSSR count). The first-order valence-electron chi connectivity index (χ1n) is 8.52. The molecule has 3 heterocycles. The molecule has 1 N–H and O–H groups in total. The molecule has 0 bridgehead atoms. The van der Waals surface area contributed by atoms with Gasteiger partial charge in [0.15, 0.2) is 5.13 Å². The predicted octanol–water partition coefficient (Wildman–Crippen LogP) is 3.96. The van der Waals surface area contributed by atoms with Gasteiger partial charge >= 0.3 is 6.09 Å². The number of anilines is 2. The van der Waals surface area contributed by atoms with Crippen LogP contribution in [0, 0.1) is 6.92 Å². The van der Waals surface area contributed by atoms with Gasteiger partial charge in [-0.25, -0.2) is 9.78 Å². The number of hydrogen-bond donors (Lipinski definition) is 1. The fraction of sp³-hybridized carbons (Fsp3) is 0.588. The number of piperidine rings is 1. The molecule has 1 aliphatic rings. The van der Waals surface area contributed by atoms with E-state index >= 15 is 0 Å². The topological polar surface area (TPSA) is 72.3 Å². The second kappa shape index (κ2) is 7.03. The third kappa shape index (κ3) is 4.72. The third-order valence-corrected chi connectivity index (χ3v) is 4.79. The monoisotopic (exact) mass is 363 g/mol. The Morgan fingerprint density at radius 2 is 2.04 bits per heavy atom. The molecule has 0 unspecified atom stereocenters. The maximum absolute atomic E-state index is 12.1. The molecule has 25 heavy (non-hydrogen) atoms. The molecule has 1 aliphatic heterocycles. The minimum absolute atomic E-state index is 0.229. The summed E-state index contributed by atoms with van der Waals surface area (Å²) in [6.45, 7) is 9.08. The van der Waals surface area contributed by atoms with Gasteiger partial charge in [-0.3, -0.25) is 4.68 Å². The van der Waals surface area contributed by atoms with E-state index in [2.05, 4.69) is 15.4 Å². The van der Waals surface area contributed by atoms with Crippen LogP contribution in [0.4, 0.5) is 15.6 Å². The molecule has 136 valence electrons. The van der Waals surface area contributed by atoms with Gasteiger partial charge in [-0.05, 0) is 40.5 Å². The molecule has 0 radical (unpaired) electrons. The second-order valence-corrected chi connectivity index (χ2v) is 8.54. The van der Waals surface area contributed by atoms with Crippen molar-refractivity contribution in [1.29, 1.82) is 0 Å². The van der Waals surface area contributed by atoms with E-state index in [-0.39, 0.29) is 6.09 Å². The lowest BCUT2D eigenvalue weighted by Crippen LogP contribution is -2.42. The quantitative estimate of drug-likeness (QED) is 0.893. The Labute approximate surface area is 152 Å². The van der Waals surface area contributed by atoms with E-state index in [0.717, 1.165) is 23.7 Å². The van der Waals surface area contributed by atoms with E-state index in [0.29, 0.717) is 19.1 Å². The second-order valence-electron chi connectivity index (χ2n) is 7.31. The Morgan fingerprint density at radius 1 is 1.32 bits per heavy atom. The summed E-state index contributed by atoms with van der Waals surface area (Å²) in [6.07, 6.45) is 7.19. The van der Waals surface area contributed by atoms with Crippen LogP contribution < -0.4 is 5.32 Å². The standard InChI is InChI=1S/C17H25N5O2S/c1-12-9-18-15(25-12)20-13-10-19-22(11-13)14-5-7-21(8-6-14)16(23)24-17(2,3)4/h9-11,14H,5-8H2,1-4H3,(H,18,20). The fourth-order valence-electron chi connectivity index (χ4n) is 2.78. The fourth-order valence-corrected chi connectivity index (χ4v) is 3.46. The van der Waals surface area contributed by atoms with Crippen LogP contribution in [-0.2, 0) is 4.74 Å². The summed E-state index contributed by atoms with van der Waals surface area (Å²) < 4.78 is 7.42. The van der Waals surface area contributed by atoms with Crippen LogP contribution in [0.5, 0.6) is 0 Å². The molecule has 2 aromatic rings. The molecule has 8 heteroatoms. The largest absolute Gasteiger partial charge is 0.444 e. The van der Waals surface area contributed by atoms with E-state index in [1.165, 1.54) is 4.88 Å². The van der Waals surface area contributed by atoms with E-state index in [1.54, 1.807) is 16.2 Å². The normalized spacial score (nSPS) is 16.1. The number of thiazole rings is 1. The number of likely N-dealkylation sites (tertiary alicyclic amines) is 1. The maximum atomic E-state index is 12.1. The van der Waals surface area contributed by atoms with Crippen LogP contribution in [0.25, 0.3) is 0 Å². The lowest BCUT2D eigenvalue weighted by Gasteiger charge is -2.33. The third-order valence-electron chi connectivity index (χ3n) is 3.96. The summed E-state index contributed by atoms with van der Waals surface area (Å²) >= 11 is 1.62. The zero-order valence-electron chi connectivity index (χ0n) is 15.2. The molecule has 0 aromatic carbocycles. The van der Waals surface area contributed by atoms with Crippen molar-refractivity contribution < 1.29 is 9.53 Å². The number of carbonyl (C=O) groups is 1. The number of aryl methyl sites for hydroxylation is 1. The average Bonchev–Trinajstić information content (AvgIpc) is 3.15. The van der Waals surface area contributed by atoms with Crippen molar-refractivity contribution in [2.24, 2.45) is 0 Å². The van der Waals surface area contributed by atoms with Gasteiger partial charge in [-0.1, -0.05) is 0 Å². The van der Waals surface area contributed by atoms with Crippen molar-refractivity contribution in [3.63, 3.8) is 0 Å². The highest BCUT2D eigenvalue weighted by Crippen LogP contribution is 2.26. The highest BCUT2D eigenvalue weighted by molar-refractivity contribution is 7.15. The number of amides is 1. The Bertz CT molecular complexity index is 725. The van der Waals surface area contributed by atoms with Gasteiger partial charge in [0.2, 0.25) is 0 Å². The minimum atomic E-state index is -0.454. The molecule has 2 aromatic heterocycles. The average molecular weight is 363 g/mol. The van der Waals surface area contributed by atoms with Gasteiger partial charge in [-0.15, -0.1) is 11.3 Å². The molecular weight excluding hydrogens is 338 g/mol. The van der Waals surface area contributed by atoms with E-state index in [1.807, 2.05) is 51.0 Å². The smallest absolute Gasteiger partial charge is 0.410 e. The van der Waals surface area contributed by atoms with Crippen molar-refractivity contribution >= 4 is 28.2 Å². The molecule has 0 saturated carbocycles. The molecule has 0 spiro atoms. The van der Waals surface area contributed by atoms with Crippen LogP contribution in [0.2, 0.25) is 0 Å². The van der Waals surface area contributed by atoms with Crippen LogP contribution in [0.3, 0.4) is 0 Å². The summed E-state index contributed by atoms with van der Waals surface area (Å²) in [5.74, 6) is 0. The molecule has 1 amide bonds. The zero-order valence-corrected chi connectivity index (χ0v) is 16.0. The summed E-state index contributed by atoms with van der Waals surface area (Å²) in [5.41, 5.74) is 0.480. The molecule has 0 aliphatic carbocycles. The van der Waals surface area contributed by atoms with Crippen molar-refractivity contribution in [3.8, 4) is 0 Å². The zero-order chi connectivity index (χ0) is 18.0. The first kappa shape index (κ1) is 17.7. The summed E-state index contributed by atoms with van der Waals surface area (Å²) in [7, 11) is 0. The van der Waals surface area contributed by atoms with E-state index in [9.17, 15) is 4.79 Å². The minimum Gasteiger partial charge on any atom is -0.444 e. The van der Waals surface area contributed by atoms with Gasteiger partial charge in [0.05, 0.1) is 17.9 Å². The first-order chi connectivity index (χ1) is 11.8. The Balaban J connectivity index is 1.54. The van der Waals surface area contributed by atoms with Crippen molar-refractivity contribution in [2.45, 2.75) is 52.2 Å². The predicted molar refractivity (Wildman–Crippen MR) is 98.4 cm³/mol. The molecule has 1 saturated heterocycles. The molecule has 0 atom stereocenters. The maximum Gasteiger partial charge on any atom is 0.410 e. The first-order valence-corrected chi connectivity index (χ1v) is 9.33. The molecular formula is C17H25N5O2S. The van der Waals surface area contributed by atoms with Crippen molar-refractivity contribution in [3.05, 3.63) is 23.5 Å². The summed E-state index contributed by atoms with van der Waals surface area (Å²) in [5, 5.41) is 8.62. The summed E-state index contributed by atoms with van der Waals surface area (Å²) in [4.78, 5) is 19.4. The van der Waals surface area contributed by atoms with Crippen molar-refractivity contribution in [1.82, 2.24) is 19.7 Å². The number of hydrogen-bond acceptors (Lipinski definition) is 6. The summed E-state index contributed by atoms with van der Waals surface area (Å²) in [6, 6.07) is 0.298. The number of aromatic nitrogens is 3. The molecule has 1 fully saturated rings. The number of ether oxygens (including phenoxy) is 1. The Morgan fingerprint density at radius 3 is 2.64 bits per heavy atom. The Kier molecular flexibility index (Phi) is 4.99. The van der Waals surface area contributed by atoms with Crippen LogP contribution in [-0.4, -0.2) is 44.4 Å².